The lowest BCUT2D eigenvalue weighted by Crippen LogP contribution is -2.49. The first-order valence-corrected chi connectivity index (χ1v) is 10.2. The zero-order valence-electron chi connectivity index (χ0n) is 16.7. The molecule has 0 bridgehead atoms. The first kappa shape index (κ1) is 19.5. The first-order chi connectivity index (χ1) is 14.1. The molecule has 4 rings (SSSR count). The molecule has 1 aromatic carbocycles. The molecule has 0 unspecified atom stereocenters. The van der Waals surface area contributed by atoms with Crippen molar-refractivity contribution < 1.29 is 14.3 Å². The van der Waals surface area contributed by atoms with E-state index in [1.54, 1.807) is 0 Å². The van der Waals surface area contributed by atoms with Crippen LogP contribution in [0.1, 0.15) is 37.4 Å². The SMILES string of the molecule is CC(=O)NCCC(=O)N1CCC2(CC1)OCCc1cnc(-c3ccccc3)nc12. The quantitative estimate of drug-likeness (QED) is 0.858. The van der Waals surface area contributed by atoms with E-state index in [-0.39, 0.29) is 11.8 Å². The van der Waals surface area contributed by atoms with E-state index < -0.39 is 5.60 Å². The second kappa shape index (κ2) is 8.29. The molecule has 7 nitrogen and oxygen atoms in total. The minimum atomic E-state index is -0.450. The maximum Gasteiger partial charge on any atom is 0.224 e. The predicted octanol–water partition coefficient (Wildman–Crippen LogP) is 2.06. The van der Waals surface area contributed by atoms with Gasteiger partial charge in [-0.25, -0.2) is 9.97 Å². The molecule has 2 amide bonds. The Labute approximate surface area is 170 Å². The van der Waals surface area contributed by atoms with E-state index in [0.717, 1.165) is 36.1 Å². The van der Waals surface area contributed by atoms with Crippen molar-refractivity contribution in [2.75, 3.05) is 26.2 Å². The number of aromatic nitrogens is 2. The van der Waals surface area contributed by atoms with E-state index in [4.69, 9.17) is 9.72 Å². The minimum absolute atomic E-state index is 0.0669. The van der Waals surface area contributed by atoms with Crippen LogP contribution >= 0.6 is 0 Å². The standard InChI is InChI=1S/C22H26N4O3/c1-16(27)23-11-7-19(28)26-12-9-22(10-13-26)20-18(8-14-29-22)15-24-21(25-20)17-5-3-2-4-6-17/h2-6,15H,7-14H2,1H3,(H,23,27). The molecule has 1 saturated heterocycles. The highest BCUT2D eigenvalue weighted by Crippen LogP contribution is 2.41. The Balaban J connectivity index is 1.49. The van der Waals surface area contributed by atoms with Crippen LogP contribution in [-0.4, -0.2) is 52.9 Å². The molecule has 0 saturated carbocycles. The largest absolute Gasteiger partial charge is 0.368 e. The number of rotatable bonds is 4. The smallest absolute Gasteiger partial charge is 0.224 e. The molecule has 1 aromatic heterocycles. The third-order valence-electron chi connectivity index (χ3n) is 5.71. The zero-order chi connectivity index (χ0) is 20.3. The molecule has 3 heterocycles. The van der Waals surface area contributed by atoms with Gasteiger partial charge in [-0.2, -0.15) is 0 Å². The van der Waals surface area contributed by atoms with Crippen LogP contribution in [-0.2, 0) is 26.3 Å². The van der Waals surface area contributed by atoms with Gasteiger partial charge in [0.15, 0.2) is 5.82 Å². The van der Waals surface area contributed by atoms with Crippen molar-refractivity contribution in [3.8, 4) is 11.4 Å². The number of nitrogens with zero attached hydrogens (tertiary/aromatic N) is 3. The molecule has 2 aliphatic rings. The molecule has 2 aliphatic heterocycles. The molecule has 0 atom stereocenters. The summed E-state index contributed by atoms with van der Waals surface area (Å²) < 4.78 is 6.28. The monoisotopic (exact) mass is 394 g/mol. The second-order valence-corrected chi connectivity index (χ2v) is 7.64. The third kappa shape index (κ3) is 4.15. The summed E-state index contributed by atoms with van der Waals surface area (Å²) in [5.74, 6) is 0.664. The van der Waals surface area contributed by atoms with Gasteiger partial charge >= 0.3 is 0 Å². The van der Waals surface area contributed by atoms with Gasteiger partial charge in [-0.15, -0.1) is 0 Å². The van der Waals surface area contributed by atoms with Gasteiger partial charge in [0.25, 0.3) is 0 Å². The highest BCUT2D eigenvalue weighted by atomic mass is 16.5. The van der Waals surface area contributed by atoms with Crippen LogP contribution in [0.4, 0.5) is 0 Å². The lowest BCUT2D eigenvalue weighted by molar-refractivity contribution is -0.141. The van der Waals surface area contributed by atoms with Crippen molar-refractivity contribution in [2.45, 2.75) is 38.2 Å². The molecule has 29 heavy (non-hydrogen) atoms. The fourth-order valence-electron chi connectivity index (χ4n) is 4.14. The normalized spacial score (nSPS) is 17.6. The van der Waals surface area contributed by atoms with Gasteiger partial charge in [0.05, 0.1) is 12.3 Å². The number of amides is 2. The van der Waals surface area contributed by atoms with Crippen molar-refractivity contribution in [1.82, 2.24) is 20.2 Å². The molecule has 1 fully saturated rings. The van der Waals surface area contributed by atoms with Crippen molar-refractivity contribution >= 4 is 11.8 Å². The third-order valence-corrected chi connectivity index (χ3v) is 5.71. The Morgan fingerprint density at radius 2 is 1.97 bits per heavy atom. The van der Waals surface area contributed by atoms with Crippen molar-refractivity contribution in [3.05, 3.63) is 47.8 Å². The zero-order valence-corrected chi connectivity index (χ0v) is 16.7. The molecule has 152 valence electrons. The molecule has 0 aliphatic carbocycles. The average molecular weight is 394 g/mol. The lowest BCUT2D eigenvalue weighted by atomic mass is 9.83. The van der Waals surface area contributed by atoms with Crippen LogP contribution < -0.4 is 5.32 Å². The van der Waals surface area contributed by atoms with Gasteiger partial charge in [-0.1, -0.05) is 30.3 Å². The van der Waals surface area contributed by atoms with Crippen LogP contribution in [0.5, 0.6) is 0 Å². The van der Waals surface area contributed by atoms with E-state index in [2.05, 4.69) is 10.3 Å². The molecule has 7 heteroatoms. The summed E-state index contributed by atoms with van der Waals surface area (Å²) in [5, 5.41) is 2.68. The van der Waals surface area contributed by atoms with Crippen LogP contribution in [0, 0.1) is 0 Å². The Morgan fingerprint density at radius 1 is 1.21 bits per heavy atom. The van der Waals surface area contributed by atoms with E-state index in [0.29, 0.717) is 38.5 Å². The molecule has 0 radical (unpaired) electrons. The number of piperidine rings is 1. The fraction of sp³-hybridized carbons (Fsp3) is 0.455. The van der Waals surface area contributed by atoms with Gasteiger partial charge in [0.2, 0.25) is 11.8 Å². The summed E-state index contributed by atoms with van der Waals surface area (Å²) in [7, 11) is 0. The lowest BCUT2D eigenvalue weighted by Gasteiger charge is -2.44. The maximum atomic E-state index is 12.4. The van der Waals surface area contributed by atoms with Crippen LogP contribution in [0.25, 0.3) is 11.4 Å². The minimum Gasteiger partial charge on any atom is -0.368 e. The molecular formula is C22H26N4O3. The number of fused-ring (bicyclic) bond motifs is 2. The van der Waals surface area contributed by atoms with Crippen molar-refractivity contribution in [1.29, 1.82) is 0 Å². The van der Waals surface area contributed by atoms with Crippen LogP contribution in [0.3, 0.4) is 0 Å². The first-order valence-electron chi connectivity index (χ1n) is 10.2. The summed E-state index contributed by atoms with van der Waals surface area (Å²) in [4.78, 5) is 34.8. The summed E-state index contributed by atoms with van der Waals surface area (Å²) >= 11 is 0. The second-order valence-electron chi connectivity index (χ2n) is 7.64. The molecule has 1 N–H and O–H groups in total. The molecule has 1 spiro atoms. The van der Waals surface area contributed by atoms with Crippen molar-refractivity contribution in [2.24, 2.45) is 0 Å². The number of carbonyl (C=O) groups is 2. The number of ether oxygens (including phenoxy) is 1. The fourth-order valence-corrected chi connectivity index (χ4v) is 4.14. The molecular weight excluding hydrogens is 368 g/mol. The summed E-state index contributed by atoms with van der Waals surface area (Å²) in [6, 6.07) is 9.96. The number of hydrogen-bond donors (Lipinski definition) is 1. The highest BCUT2D eigenvalue weighted by Gasteiger charge is 2.43. The Bertz CT molecular complexity index is 892. The average Bonchev–Trinajstić information content (AvgIpc) is 2.75. The number of carbonyl (C=O) groups excluding carboxylic acids is 2. The van der Waals surface area contributed by atoms with Gasteiger partial charge in [0, 0.05) is 44.7 Å². The number of nitrogens with one attached hydrogen (secondary N) is 1. The van der Waals surface area contributed by atoms with E-state index >= 15 is 0 Å². The summed E-state index contributed by atoms with van der Waals surface area (Å²) in [5.41, 5.74) is 2.65. The van der Waals surface area contributed by atoms with Crippen LogP contribution in [0.2, 0.25) is 0 Å². The predicted molar refractivity (Wildman–Crippen MR) is 108 cm³/mol. The van der Waals surface area contributed by atoms with E-state index in [1.165, 1.54) is 6.92 Å². The topological polar surface area (TPSA) is 84.4 Å². The number of hydrogen-bond acceptors (Lipinski definition) is 5. The van der Waals surface area contributed by atoms with Crippen molar-refractivity contribution in [3.63, 3.8) is 0 Å². The Hall–Kier alpha value is -2.80. The maximum absolute atomic E-state index is 12.4. The van der Waals surface area contributed by atoms with Crippen LogP contribution in [0.15, 0.2) is 36.5 Å². The van der Waals surface area contributed by atoms with Gasteiger partial charge < -0.3 is 15.0 Å². The summed E-state index contributed by atoms with van der Waals surface area (Å²) in [6.07, 6.45) is 4.50. The van der Waals surface area contributed by atoms with E-state index in [1.807, 2.05) is 41.4 Å². The van der Waals surface area contributed by atoms with Gasteiger partial charge in [-0.3, -0.25) is 9.59 Å². The molecule has 2 aromatic rings. The Morgan fingerprint density at radius 3 is 2.69 bits per heavy atom. The summed E-state index contributed by atoms with van der Waals surface area (Å²) in [6.45, 7) is 3.74. The van der Waals surface area contributed by atoms with Gasteiger partial charge in [-0.05, 0) is 24.8 Å². The Kier molecular flexibility index (Phi) is 5.58. The number of benzene rings is 1. The number of likely N-dealkylation sites (tertiary alicyclic amines) is 1. The van der Waals surface area contributed by atoms with E-state index in [9.17, 15) is 9.59 Å². The highest BCUT2D eigenvalue weighted by molar-refractivity contribution is 5.78. The van der Waals surface area contributed by atoms with Gasteiger partial charge in [0.1, 0.15) is 5.60 Å².